The molecule has 0 aromatic heterocycles. The van der Waals surface area contributed by atoms with Gasteiger partial charge in [-0.2, -0.15) is 0 Å². The van der Waals surface area contributed by atoms with E-state index < -0.39 is 29.5 Å². The Labute approximate surface area is 441 Å². The van der Waals surface area contributed by atoms with E-state index in [1.54, 1.807) is 0 Å². The van der Waals surface area contributed by atoms with E-state index in [-0.39, 0.29) is 112 Å². The molecule has 4 aliphatic heterocycles. The Morgan fingerprint density at radius 2 is 1.11 bits per heavy atom. The largest absolute Gasteiger partial charge is 0.506 e. The number of nitrogens with one attached hydrogen (secondary N) is 2. The molecule has 4 heterocycles. The Hall–Kier alpha value is -5.08. The summed E-state index contributed by atoms with van der Waals surface area (Å²) in [5, 5.41) is 19.8. The predicted molar refractivity (Wildman–Crippen MR) is 295 cm³/mol. The van der Waals surface area contributed by atoms with Crippen molar-refractivity contribution >= 4 is 57.7 Å². The lowest BCUT2D eigenvalue weighted by atomic mass is 9.76. The third-order valence-corrected chi connectivity index (χ3v) is 18.5. The van der Waals surface area contributed by atoms with Gasteiger partial charge in [0.2, 0.25) is 23.0 Å². The number of allylic oxidation sites excluding steroid dienone is 2. The minimum absolute atomic E-state index is 0.0497. The van der Waals surface area contributed by atoms with Crippen LogP contribution < -0.4 is 30.7 Å². The van der Waals surface area contributed by atoms with E-state index in [0.29, 0.717) is 47.8 Å². The minimum atomic E-state index is -0.446. The quantitative estimate of drug-likeness (QED) is 0.130. The van der Waals surface area contributed by atoms with Crippen LogP contribution in [0.15, 0.2) is 30.0 Å². The number of nitrogens with zero attached hydrogens (tertiary/aromatic N) is 4. The number of likely N-dealkylation sites (tertiary alicyclic amines) is 2. The molecule has 14 heteroatoms. The van der Waals surface area contributed by atoms with Crippen LogP contribution in [0.1, 0.15) is 193 Å². The molecule has 2 atom stereocenters. The van der Waals surface area contributed by atoms with Crippen molar-refractivity contribution in [1.29, 1.82) is 0 Å². The first-order valence-electron chi connectivity index (χ1n) is 27.2. The molecule has 0 bridgehead atoms. The first-order valence-corrected chi connectivity index (χ1v) is 27.2. The number of carbonyl (C=O) groups is 5. The minimum Gasteiger partial charge on any atom is -0.506 e. The number of esters is 2. The number of ether oxygens (including phenoxy) is 2. The van der Waals surface area contributed by atoms with Gasteiger partial charge in [0.1, 0.15) is 24.0 Å². The molecule has 14 nitrogen and oxygen atoms in total. The summed E-state index contributed by atoms with van der Waals surface area (Å²) in [4.78, 5) is 76.7. The number of amides is 2. The van der Waals surface area contributed by atoms with Crippen molar-refractivity contribution in [2.75, 3.05) is 29.6 Å². The highest BCUT2D eigenvalue weighted by Crippen LogP contribution is 2.51. The van der Waals surface area contributed by atoms with E-state index in [1.807, 2.05) is 24.3 Å². The number of carbonyl (C=O) groups excluding carboxylic acids is 5. The average Bonchev–Trinajstić information content (AvgIpc) is 3.58. The monoisotopic (exact) mass is 1020 g/mol. The van der Waals surface area contributed by atoms with Gasteiger partial charge in [-0.3, -0.25) is 33.8 Å². The van der Waals surface area contributed by atoms with Crippen LogP contribution in [0.5, 0.6) is 0 Å². The molecule has 2 fully saturated rings. The zero-order chi connectivity index (χ0) is 55.3. The lowest BCUT2D eigenvalue weighted by Crippen LogP contribution is -2.60. The number of aliphatic hydroxyl groups excluding tert-OH is 1. The standard InChI is InChI=1S/C60H88N6O8/c1-33(2)65-35(5)59(15,16)41-25-39(43(27-45(41)65)61-47(67)21-23-49(69)73-37-29-55(7,8)63(19)56(9,10)30-37)51-53(71)52(54(51)72)40-26-42-46(66(34(3)4)36(6)60(42,17)18)28-44(40)62-48(68)22-24-50(70)74-38-31-57(11,12)64(20)58(13,14)32-38/h25-28,33-38H,21-24,29-32H2,1-20H3,(H2,61,62,67,68,71,72)/p+1. The Kier molecular flexibility index (Phi) is 14.9. The maximum Gasteiger partial charge on any atom is 0.306 e. The lowest BCUT2D eigenvalue weighted by Gasteiger charge is -2.53. The van der Waals surface area contributed by atoms with Crippen molar-refractivity contribution in [3.63, 3.8) is 0 Å². The van der Waals surface area contributed by atoms with Crippen molar-refractivity contribution < 1.29 is 38.6 Å². The number of ketones is 1. The highest BCUT2D eigenvalue weighted by atomic mass is 16.5. The van der Waals surface area contributed by atoms with Gasteiger partial charge in [-0.25, -0.2) is 4.58 Å². The van der Waals surface area contributed by atoms with Gasteiger partial charge in [-0.1, -0.05) is 13.8 Å². The number of anilines is 3. The Morgan fingerprint density at radius 1 is 0.649 bits per heavy atom. The molecule has 5 aliphatic rings. The van der Waals surface area contributed by atoms with E-state index in [0.717, 1.165) is 22.2 Å². The predicted octanol–water partition coefficient (Wildman–Crippen LogP) is 8.69. The summed E-state index contributed by atoms with van der Waals surface area (Å²) >= 11 is 0. The second-order valence-electron chi connectivity index (χ2n) is 26.6. The molecule has 0 spiro atoms. The first kappa shape index (κ1) is 56.6. The molecule has 0 saturated carbocycles. The van der Waals surface area contributed by atoms with Gasteiger partial charge in [0.15, 0.2) is 6.04 Å². The van der Waals surface area contributed by atoms with Crippen molar-refractivity contribution in [1.82, 2.24) is 14.4 Å². The smallest absolute Gasteiger partial charge is 0.306 e. The van der Waals surface area contributed by atoms with Crippen LogP contribution in [0.25, 0.3) is 11.1 Å². The number of benzene rings is 2. The van der Waals surface area contributed by atoms with E-state index in [9.17, 15) is 24.3 Å². The topological polar surface area (TPSA) is 161 Å². The zero-order valence-electron chi connectivity index (χ0n) is 48.5. The second kappa shape index (κ2) is 19.5. The number of Topliss-reactive ketones (excluding diaryl/α,β-unsaturated/α-hetero) is 1. The molecule has 2 aromatic carbocycles. The fraction of sp³-hybridized carbons (Fsp3) is 0.667. The molecule has 0 radical (unpaired) electrons. The van der Waals surface area contributed by atoms with Gasteiger partial charge < -0.3 is 30.1 Å². The molecular weight excluding hydrogens is 933 g/mol. The SMILES string of the molecule is CC(C)N1c2cc(NC(=O)CCC(=O)OC3CC(C)(C)N(C)C(C)(C)C3)c(C3=C(O)/C(=c4/cc5c(cc4NC(=O)CCC(=O)OC4CC(C)(C)N(C)C(C)(C)C4)=[N+](C(C)C)C(C)C5(C)C)C3=O)cc2C(C)(C)C1C. The van der Waals surface area contributed by atoms with Gasteiger partial charge in [-0.05, 0) is 149 Å². The van der Waals surface area contributed by atoms with E-state index in [4.69, 9.17) is 9.47 Å². The van der Waals surface area contributed by atoms with E-state index in [2.05, 4.69) is 169 Å². The van der Waals surface area contributed by atoms with Crippen molar-refractivity contribution in [2.45, 2.75) is 245 Å². The molecule has 2 unspecified atom stereocenters. The van der Waals surface area contributed by atoms with Crippen molar-refractivity contribution in [3.8, 4) is 0 Å². The molecule has 2 saturated heterocycles. The third-order valence-electron chi connectivity index (χ3n) is 18.5. The fourth-order valence-corrected chi connectivity index (χ4v) is 13.2. The average molecular weight is 1020 g/mol. The highest BCUT2D eigenvalue weighted by Gasteiger charge is 2.49. The maximum atomic E-state index is 15.0. The van der Waals surface area contributed by atoms with Gasteiger partial charge in [0, 0.05) is 106 Å². The molecule has 2 aromatic rings. The summed E-state index contributed by atoms with van der Waals surface area (Å²) in [6, 6.07) is 7.98. The zero-order valence-corrected chi connectivity index (χ0v) is 48.5. The highest BCUT2D eigenvalue weighted by molar-refractivity contribution is 6.52. The van der Waals surface area contributed by atoms with Crippen LogP contribution in [0.3, 0.4) is 0 Å². The van der Waals surface area contributed by atoms with Crippen molar-refractivity contribution in [2.24, 2.45) is 0 Å². The summed E-state index contributed by atoms with van der Waals surface area (Å²) in [6.07, 6.45) is 1.59. The Balaban J connectivity index is 1.24. The second-order valence-corrected chi connectivity index (χ2v) is 26.6. The molecule has 74 heavy (non-hydrogen) atoms. The van der Waals surface area contributed by atoms with Crippen LogP contribution in [-0.2, 0) is 44.3 Å². The van der Waals surface area contributed by atoms with Gasteiger partial charge in [0.05, 0.1) is 40.8 Å². The van der Waals surface area contributed by atoms with Gasteiger partial charge >= 0.3 is 11.9 Å². The Morgan fingerprint density at radius 3 is 1.54 bits per heavy atom. The molecular formula is C60H89N6O8+. The summed E-state index contributed by atoms with van der Waals surface area (Å²) in [7, 11) is 4.19. The fourth-order valence-electron chi connectivity index (χ4n) is 13.2. The number of fused-ring (bicyclic) bond motifs is 2. The maximum absolute atomic E-state index is 15.0. The molecule has 1 aliphatic carbocycles. The molecule has 2 amide bonds. The van der Waals surface area contributed by atoms with Crippen molar-refractivity contribution in [3.05, 3.63) is 57.3 Å². The Bertz CT molecular complexity index is 2780. The number of rotatable bonds is 13. The summed E-state index contributed by atoms with van der Waals surface area (Å²) in [6.45, 7) is 38.6. The molecule has 406 valence electrons. The normalized spacial score (nSPS) is 24.7. The van der Waals surface area contributed by atoms with Crippen LogP contribution in [0, 0.1) is 0 Å². The number of hydrogen-bond acceptors (Lipinski definition) is 11. The summed E-state index contributed by atoms with van der Waals surface area (Å²) in [5.74, 6) is -2.45. The lowest BCUT2D eigenvalue weighted by molar-refractivity contribution is -0.160. The summed E-state index contributed by atoms with van der Waals surface area (Å²) < 4.78 is 14.3. The van der Waals surface area contributed by atoms with Gasteiger partial charge in [-0.15, -0.1) is 0 Å². The molecule has 3 N–H and O–H groups in total. The number of aliphatic hydroxyl groups is 1. The van der Waals surface area contributed by atoms with E-state index in [1.165, 1.54) is 0 Å². The van der Waals surface area contributed by atoms with Gasteiger partial charge in [0.25, 0.3) is 0 Å². The van der Waals surface area contributed by atoms with Crippen LogP contribution in [0.2, 0.25) is 0 Å². The third kappa shape index (κ3) is 10.2. The number of hydrogen-bond donors (Lipinski definition) is 3. The molecule has 7 rings (SSSR count). The summed E-state index contributed by atoms with van der Waals surface area (Å²) in [5.41, 5.74) is 2.54. The van der Waals surface area contributed by atoms with Crippen LogP contribution >= 0.6 is 0 Å². The number of piperidine rings is 2. The van der Waals surface area contributed by atoms with Crippen LogP contribution in [-0.4, -0.2) is 117 Å². The first-order chi connectivity index (χ1) is 33.9. The van der Waals surface area contributed by atoms with E-state index >= 15 is 4.79 Å². The van der Waals surface area contributed by atoms with Crippen LogP contribution in [0.4, 0.5) is 17.1 Å².